The SMILES string of the molecule is CCC(Oc1cccc(C)c1)SCc1n[nH]c(=S)[nH]1. The van der Waals surface area contributed by atoms with Crippen molar-refractivity contribution >= 4 is 24.0 Å². The Morgan fingerprint density at radius 1 is 1.47 bits per heavy atom. The lowest BCUT2D eigenvalue weighted by Gasteiger charge is -2.16. The van der Waals surface area contributed by atoms with Gasteiger partial charge in [0, 0.05) is 0 Å². The van der Waals surface area contributed by atoms with E-state index in [2.05, 4.69) is 35.1 Å². The Hall–Kier alpha value is -1.27. The third-order valence-electron chi connectivity index (χ3n) is 2.55. The minimum atomic E-state index is 0.112. The van der Waals surface area contributed by atoms with Crippen LogP contribution in [0.2, 0.25) is 0 Å². The molecule has 0 radical (unpaired) electrons. The number of nitrogens with zero attached hydrogens (tertiary/aromatic N) is 1. The summed E-state index contributed by atoms with van der Waals surface area (Å²) >= 11 is 6.65. The highest BCUT2D eigenvalue weighted by Crippen LogP contribution is 2.23. The number of thioether (sulfide) groups is 1. The quantitative estimate of drug-likeness (QED) is 0.628. The molecular formula is C13H17N3OS2. The van der Waals surface area contributed by atoms with E-state index in [1.807, 2.05) is 18.2 Å². The lowest BCUT2D eigenvalue weighted by atomic mass is 10.2. The van der Waals surface area contributed by atoms with Crippen LogP contribution in [-0.4, -0.2) is 20.6 Å². The number of aromatic amines is 2. The van der Waals surface area contributed by atoms with Gasteiger partial charge in [0.15, 0.2) is 4.77 Å². The van der Waals surface area contributed by atoms with E-state index in [4.69, 9.17) is 17.0 Å². The van der Waals surface area contributed by atoms with Gasteiger partial charge in [0.25, 0.3) is 0 Å². The average Bonchev–Trinajstić information content (AvgIpc) is 2.80. The van der Waals surface area contributed by atoms with Crippen LogP contribution in [-0.2, 0) is 5.75 Å². The molecule has 1 atom stereocenters. The summed E-state index contributed by atoms with van der Waals surface area (Å²) in [7, 11) is 0. The van der Waals surface area contributed by atoms with E-state index in [-0.39, 0.29) is 5.44 Å². The molecule has 0 spiro atoms. The molecule has 1 heterocycles. The fourth-order valence-corrected chi connectivity index (χ4v) is 2.68. The minimum absolute atomic E-state index is 0.112. The summed E-state index contributed by atoms with van der Waals surface area (Å²) in [6.45, 7) is 4.17. The Morgan fingerprint density at radius 3 is 2.95 bits per heavy atom. The third-order valence-corrected chi connectivity index (χ3v) is 3.98. The van der Waals surface area contributed by atoms with Gasteiger partial charge in [-0.3, -0.25) is 5.10 Å². The summed E-state index contributed by atoms with van der Waals surface area (Å²) < 4.78 is 6.52. The van der Waals surface area contributed by atoms with Gasteiger partial charge in [-0.25, -0.2) is 0 Å². The highest BCUT2D eigenvalue weighted by molar-refractivity contribution is 7.99. The summed E-state index contributed by atoms with van der Waals surface area (Å²) in [5, 5.41) is 6.80. The van der Waals surface area contributed by atoms with Gasteiger partial charge in [0.05, 0.1) is 5.75 Å². The van der Waals surface area contributed by atoms with Crippen molar-refractivity contribution in [1.29, 1.82) is 0 Å². The van der Waals surface area contributed by atoms with Gasteiger partial charge in [-0.15, -0.1) is 11.8 Å². The molecule has 0 saturated heterocycles. The molecule has 0 aliphatic carbocycles. The van der Waals surface area contributed by atoms with Crippen LogP contribution in [0, 0.1) is 11.7 Å². The molecule has 1 unspecified atom stereocenters. The zero-order valence-corrected chi connectivity index (χ0v) is 12.6. The molecule has 4 nitrogen and oxygen atoms in total. The van der Waals surface area contributed by atoms with Gasteiger partial charge in [0.2, 0.25) is 0 Å². The molecule has 0 bridgehead atoms. The molecular weight excluding hydrogens is 278 g/mol. The zero-order valence-electron chi connectivity index (χ0n) is 11.0. The predicted octanol–water partition coefficient (Wildman–Crippen LogP) is 3.82. The van der Waals surface area contributed by atoms with Crippen LogP contribution in [0.3, 0.4) is 0 Å². The number of aromatic nitrogens is 3. The van der Waals surface area contributed by atoms with Crippen molar-refractivity contribution < 1.29 is 4.74 Å². The van der Waals surface area contributed by atoms with Crippen LogP contribution in [0.1, 0.15) is 24.7 Å². The van der Waals surface area contributed by atoms with E-state index < -0.39 is 0 Å². The smallest absolute Gasteiger partial charge is 0.192 e. The Bertz CT molecular complexity index is 579. The molecule has 2 rings (SSSR count). The Kier molecular flexibility index (Phi) is 5.04. The Morgan fingerprint density at radius 2 is 2.32 bits per heavy atom. The molecule has 0 aliphatic heterocycles. The summed E-state index contributed by atoms with van der Waals surface area (Å²) in [5.74, 6) is 2.51. The number of hydrogen-bond donors (Lipinski definition) is 2. The maximum absolute atomic E-state index is 5.96. The van der Waals surface area contributed by atoms with Crippen LogP contribution < -0.4 is 4.74 Å². The normalized spacial score (nSPS) is 12.3. The van der Waals surface area contributed by atoms with Gasteiger partial charge in [-0.1, -0.05) is 19.1 Å². The first-order chi connectivity index (χ1) is 9.17. The first kappa shape index (κ1) is 14.1. The van der Waals surface area contributed by atoms with Crippen LogP contribution in [0.5, 0.6) is 5.75 Å². The van der Waals surface area contributed by atoms with Crippen LogP contribution in [0.15, 0.2) is 24.3 Å². The minimum Gasteiger partial charge on any atom is -0.480 e. The molecule has 0 aliphatic rings. The molecule has 6 heteroatoms. The first-order valence-electron chi connectivity index (χ1n) is 6.16. The fourth-order valence-electron chi connectivity index (χ4n) is 1.62. The lowest BCUT2D eigenvalue weighted by Crippen LogP contribution is -2.11. The second-order valence-electron chi connectivity index (χ2n) is 4.21. The summed E-state index contributed by atoms with van der Waals surface area (Å²) in [6, 6.07) is 8.10. The summed E-state index contributed by atoms with van der Waals surface area (Å²) in [4.78, 5) is 3.00. The molecule has 0 saturated carbocycles. The van der Waals surface area contributed by atoms with Crippen molar-refractivity contribution in [2.24, 2.45) is 0 Å². The summed E-state index contributed by atoms with van der Waals surface area (Å²) in [5.41, 5.74) is 1.31. The van der Waals surface area contributed by atoms with Crippen molar-refractivity contribution in [1.82, 2.24) is 15.2 Å². The third kappa shape index (κ3) is 4.40. The van der Waals surface area contributed by atoms with Crippen molar-refractivity contribution in [2.45, 2.75) is 31.5 Å². The van der Waals surface area contributed by atoms with Crippen LogP contribution in [0.4, 0.5) is 0 Å². The Labute approximate surface area is 122 Å². The second kappa shape index (κ2) is 6.77. The van der Waals surface area contributed by atoms with Crippen molar-refractivity contribution in [3.05, 3.63) is 40.4 Å². The number of benzene rings is 1. The predicted molar refractivity (Wildman–Crippen MR) is 81.0 cm³/mol. The topological polar surface area (TPSA) is 53.7 Å². The molecule has 1 aromatic heterocycles. The van der Waals surface area contributed by atoms with Crippen molar-refractivity contribution in [3.63, 3.8) is 0 Å². The largest absolute Gasteiger partial charge is 0.480 e. The maximum Gasteiger partial charge on any atom is 0.192 e. The van der Waals surface area contributed by atoms with E-state index in [1.165, 1.54) is 5.56 Å². The van der Waals surface area contributed by atoms with E-state index in [1.54, 1.807) is 11.8 Å². The van der Waals surface area contributed by atoms with Crippen LogP contribution in [0.25, 0.3) is 0 Å². The molecule has 19 heavy (non-hydrogen) atoms. The molecule has 2 aromatic rings. The van der Waals surface area contributed by atoms with Gasteiger partial charge >= 0.3 is 0 Å². The highest BCUT2D eigenvalue weighted by Gasteiger charge is 2.10. The number of hydrogen-bond acceptors (Lipinski definition) is 4. The zero-order chi connectivity index (χ0) is 13.7. The second-order valence-corrected chi connectivity index (χ2v) is 5.76. The van der Waals surface area contributed by atoms with Crippen molar-refractivity contribution in [3.8, 4) is 5.75 Å². The van der Waals surface area contributed by atoms with E-state index >= 15 is 0 Å². The Balaban J connectivity index is 1.91. The fraction of sp³-hybridized carbons (Fsp3) is 0.385. The van der Waals surface area contributed by atoms with Crippen molar-refractivity contribution in [2.75, 3.05) is 0 Å². The average molecular weight is 295 g/mol. The van der Waals surface area contributed by atoms with E-state index in [9.17, 15) is 0 Å². The summed E-state index contributed by atoms with van der Waals surface area (Å²) in [6.07, 6.45) is 0.934. The number of ether oxygens (including phenoxy) is 1. The molecule has 0 fully saturated rings. The molecule has 2 N–H and O–H groups in total. The number of H-pyrrole nitrogens is 2. The first-order valence-corrected chi connectivity index (χ1v) is 7.61. The van der Waals surface area contributed by atoms with Gasteiger partial charge in [-0.2, -0.15) is 5.10 Å². The molecule has 0 amide bonds. The van der Waals surface area contributed by atoms with Crippen LogP contribution >= 0.6 is 24.0 Å². The number of rotatable bonds is 6. The monoisotopic (exact) mass is 295 g/mol. The highest BCUT2D eigenvalue weighted by atomic mass is 32.2. The number of nitrogens with one attached hydrogen (secondary N) is 2. The standard InChI is InChI=1S/C13H17N3OS2/c1-3-12(17-10-6-4-5-9(2)7-10)19-8-11-14-13(18)16-15-11/h4-7,12H,3,8H2,1-2H3,(H2,14,15,16,18). The van der Waals surface area contributed by atoms with Gasteiger partial charge < -0.3 is 9.72 Å². The van der Waals surface area contributed by atoms with Gasteiger partial charge in [0.1, 0.15) is 17.0 Å². The van der Waals surface area contributed by atoms with Gasteiger partial charge in [-0.05, 0) is 43.3 Å². The molecule has 102 valence electrons. The van der Waals surface area contributed by atoms with E-state index in [0.29, 0.717) is 4.77 Å². The van der Waals surface area contributed by atoms with E-state index in [0.717, 1.165) is 23.7 Å². The molecule has 1 aromatic carbocycles. The lowest BCUT2D eigenvalue weighted by molar-refractivity contribution is 0.283. The maximum atomic E-state index is 5.96. The number of aryl methyl sites for hydroxylation is 1.